The zero-order chi connectivity index (χ0) is 17.1. The van der Waals surface area contributed by atoms with Crippen molar-refractivity contribution >= 4 is 5.91 Å². The predicted octanol–water partition coefficient (Wildman–Crippen LogP) is 3.44. The van der Waals surface area contributed by atoms with Crippen LogP contribution in [0.15, 0.2) is 30.3 Å². The van der Waals surface area contributed by atoms with Gasteiger partial charge in [0.15, 0.2) is 0 Å². The van der Waals surface area contributed by atoms with Crippen molar-refractivity contribution in [3.8, 4) is 11.5 Å². The monoisotopic (exact) mass is 313 g/mol. The molecule has 23 heavy (non-hydrogen) atoms. The zero-order valence-corrected chi connectivity index (χ0v) is 14.0. The molecule has 0 atom stereocenters. The van der Waals surface area contributed by atoms with Gasteiger partial charge in [0.05, 0.1) is 5.56 Å². The maximum absolute atomic E-state index is 12.2. The number of phenols is 2. The average Bonchev–Trinajstić information content (AvgIpc) is 2.43. The lowest BCUT2D eigenvalue weighted by Crippen LogP contribution is -2.30. The molecule has 0 spiro atoms. The molecule has 2 aromatic rings. The second-order valence-corrected chi connectivity index (χ2v) is 6.21. The van der Waals surface area contributed by atoms with Gasteiger partial charge in [-0.2, -0.15) is 0 Å². The molecular formula is C19H23NO3. The fraction of sp³-hybridized carbons (Fsp3) is 0.316. The quantitative estimate of drug-likeness (QED) is 0.810. The fourth-order valence-electron chi connectivity index (χ4n) is 2.67. The van der Waals surface area contributed by atoms with Gasteiger partial charge in [0.1, 0.15) is 11.5 Å². The summed E-state index contributed by atoms with van der Waals surface area (Å²) in [6.45, 7) is 7.66. The topological polar surface area (TPSA) is 69.6 Å². The van der Waals surface area contributed by atoms with E-state index in [2.05, 4.69) is 5.32 Å². The van der Waals surface area contributed by atoms with Crippen LogP contribution < -0.4 is 5.32 Å². The number of phenolic OH excluding ortho intramolecular Hbond substituents is 2. The Bertz CT molecular complexity index is 712. The van der Waals surface area contributed by atoms with E-state index in [0.717, 1.165) is 22.3 Å². The minimum absolute atomic E-state index is 0.00661. The summed E-state index contributed by atoms with van der Waals surface area (Å²) in [4.78, 5) is 12.2. The van der Waals surface area contributed by atoms with Crippen molar-refractivity contribution in [2.45, 2.75) is 40.2 Å². The maximum Gasteiger partial charge on any atom is 0.255 e. The molecule has 0 unspecified atom stereocenters. The molecule has 0 aliphatic heterocycles. The molecule has 2 rings (SSSR count). The second-order valence-electron chi connectivity index (χ2n) is 6.21. The molecule has 122 valence electrons. The van der Waals surface area contributed by atoms with Crippen LogP contribution >= 0.6 is 0 Å². The summed E-state index contributed by atoms with van der Waals surface area (Å²) in [5.74, 6) is -0.0454. The highest BCUT2D eigenvalue weighted by atomic mass is 16.3. The van der Waals surface area contributed by atoms with E-state index in [4.69, 9.17) is 0 Å². The Labute approximate surface area is 136 Å². The van der Waals surface area contributed by atoms with Gasteiger partial charge in [0, 0.05) is 6.04 Å². The van der Waals surface area contributed by atoms with Gasteiger partial charge in [-0.15, -0.1) is 0 Å². The third kappa shape index (κ3) is 4.03. The third-order valence-electron chi connectivity index (χ3n) is 3.79. The Morgan fingerprint density at radius 2 is 1.70 bits per heavy atom. The predicted molar refractivity (Wildman–Crippen MR) is 91.1 cm³/mol. The summed E-state index contributed by atoms with van der Waals surface area (Å²) < 4.78 is 0. The van der Waals surface area contributed by atoms with Gasteiger partial charge in [-0.1, -0.05) is 6.07 Å². The van der Waals surface area contributed by atoms with Gasteiger partial charge < -0.3 is 15.5 Å². The third-order valence-corrected chi connectivity index (χ3v) is 3.79. The van der Waals surface area contributed by atoms with Crippen molar-refractivity contribution in [2.75, 3.05) is 0 Å². The van der Waals surface area contributed by atoms with Crippen molar-refractivity contribution in [1.82, 2.24) is 5.32 Å². The smallest absolute Gasteiger partial charge is 0.255 e. The summed E-state index contributed by atoms with van der Waals surface area (Å²) in [6.07, 6.45) is 0.639. The summed E-state index contributed by atoms with van der Waals surface area (Å²) in [5, 5.41) is 22.4. The summed E-state index contributed by atoms with van der Waals surface area (Å²) in [5.41, 5.74) is 4.34. The molecule has 3 N–H and O–H groups in total. The van der Waals surface area contributed by atoms with Crippen LogP contribution in [0.5, 0.6) is 11.5 Å². The first-order valence-electron chi connectivity index (χ1n) is 7.69. The van der Waals surface area contributed by atoms with Gasteiger partial charge >= 0.3 is 0 Å². The lowest BCUT2D eigenvalue weighted by atomic mass is 9.94. The summed E-state index contributed by atoms with van der Waals surface area (Å²) in [6, 6.07) is 8.55. The van der Waals surface area contributed by atoms with Crippen LogP contribution in [-0.2, 0) is 6.42 Å². The average molecular weight is 313 g/mol. The second kappa shape index (κ2) is 6.73. The van der Waals surface area contributed by atoms with Crippen LogP contribution in [-0.4, -0.2) is 22.2 Å². The Hall–Kier alpha value is -2.49. The number of amides is 1. The first-order chi connectivity index (χ1) is 10.8. The van der Waals surface area contributed by atoms with Crippen LogP contribution in [0.2, 0.25) is 0 Å². The van der Waals surface area contributed by atoms with Gasteiger partial charge in [-0.25, -0.2) is 0 Å². The molecular weight excluding hydrogens is 290 g/mol. The van der Waals surface area contributed by atoms with Crippen molar-refractivity contribution in [3.05, 3.63) is 58.1 Å². The van der Waals surface area contributed by atoms with Gasteiger partial charge in [-0.05, 0) is 80.6 Å². The van der Waals surface area contributed by atoms with Crippen molar-refractivity contribution in [1.29, 1.82) is 0 Å². The molecule has 0 saturated heterocycles. The molecule has 0 fully saturated rings. The van der Waals surface area contributed by atoms with Crippen molar-refractivity contribution < 1.29 is 15.0 Å². The number of benzene rings is 2. The maximum atomic E-state index is 12.2. The first-order valence-corrected chi connectivity index (χ1v) is 7.69. The molecule has 0 heterocycles. The van der Waals surface area contributed by atoms with Gasteiger partial charge in [-0.3, -0.25) is 4.79 Å². The van der Waals surface area contributed by atoms with E-state index in [0.29, 0.717) is 6.42 Å². The highest BCUT2D eigenvalue weighted by Crippen LogP contribution is 2.25. The minimum atomic E-state index is -0.279. The molecule has 0 bridgehead atoms. The van der Waals surface area contributed by atoms with E-state index in [-0.39, 0.29) is 29.0 Å². The normalized spacial score (nSPS) is 10.8. The van der Waals surface area contributed by atoms with E-state index < -0.39 is 0 Å². The first kappa shape index (κ1) is 16.9. The SMILES string of the molecule is Cc1cc(O)cc(C)c1Cc1ccc(O)c(C(=O)NC(C)C)c1. The van der Waals surface area contributed by atoms with Crippen molar-refractivity contribution in [3.63, 3.8) is 0 Å². The number of aryl methyl sites for hydroxylation is 2. The molecule has 1 amide bonds. The van der Waals surface area contributed by atoms with E-state index in [9.17, 15) is 15.0 Å². The standard InChI is InChI=1S/C19H23NO3/c1-11(2)20-19(23)17-10-14(5-6-18(17)22)9-16-12(3)7-15(21)8-13(16)4/h5-8,10-11,21-22H,9H2,1-4H3,(H,20,23). The fourth-order valence-corrected chi connectivity index (χ4v) is 2.67. The molecule has 2 aromatic carbocycles. The van der Waals surface area contributed by atoms with E-state index in [1.807, 2.05) is 33.8 Å². The Morgan fingerprint density at radius 1 is 1.09 bits per heavy atom. The highest BCUT2D eigenvalue weighted by molar-refractivity contribution is 5.97. The largest absolute Gasteiger partial charge is 0.508 e. The number of hydrogen-bond donors (Lipinski definition) is 3. The molecule has 0 aliphatic rings. The summed E-state index contributed by atoms with van der Waals surface area (Å²) in [7, 11) is 0. The molecule has 0 aliphatic carbocycles. The number of carbonyl (C=O) groups is 1. The van der Waals surface area contributed by atoms with Gasteiger partial charge in [0.2, 0.25) is 0 Å². The number of hydrogen-bond acceptors (Lipinski definition) is 3. The van der Waals surface area contributed by atoms with Crippen LogP contribution in [0, 0.1) is 13.8 Å². The number of aromatic hydroxyl groups is 2. The Kier molecular flexibility index (Phi) is 4.94. The lowest BCUT2D eigenvalue weighted by molar-refractivity contribution is 0.0940. The molecule has 4 nitrogen and oxygen atoms in total. The number of rotatable bonds is 4. The Morgan fingerprint density at radius 3 is 2.26 bits per heavy atom. The highest BCUT2D eigenvalue weighted by Gasteiger charge is 2.14. The lowest BCUT2D eigenvalue weighted by Gasteiger charge is -2.13. The number of carbonyl (C=O) groups excluding carboxylic acids is 1. The van der Waals surface area contributed by atoms with Crippen LogP contribution in [0.1, 0.15) is 46.5 Å². The summed E-state index contributed by atoms with van der Waals surface area (Å²) >= 11 is 0. The molecule has 0 saturated carbocycles. The van der Waals surface area contributed by atoms with Crippen LogP contribution in [0.3, 0.4) is 0 Å². The molecule has 0 radical (unpaired) electrons. The molecule has 4 heteroatoms. The Balaban J connectivity index is 2.34. The number of nitrogens with one attached hydrogen (secondary N) is 1. The minimum Gasteiger partial charge on any atom is -0.508 e. The zero-order valence-electron chi connectivity index (χ0n) is 14.0. The van der Waals surface area contributed by atoms with E-state index in [1.54, 1.807) is 24.3 Å². The van der Waals surface area contributed by atoms with E-state index in [1.165, 1.54) is 0 Å². The molecule has 0 aromatic heterocycles. The van der Waals surface area contributed by atoms with E-state index >= 15 is 0 Å². The van der Waals surface area contributed by atoms with Crippen molar-refractivity contribution in [2.24, 2.45) is 0 Å². The van der Waals surface area contributed by atoms with Crippen LogP contribution in [0.4, 0.5) is 0 Å². The van der Waals surface area contributed by atoms with Gasteiger partial charge in [0.25, 0.3) is 5.91 Å². The van der Waals surface area contributed by atoms with Crippen LogP contribution in [0.25, 0.3) is 0 Å².